The third-order valence-corrected chi connectivity index (χ3v) is 4.37. The smallest absolute Gasteiger partial charge is 0.344 e. The van der Waals surface area contributed by atoms with Crippen molar-refractivity contribution in [2.75, 3.05) is 13.2 Å². The van der Waals surface area contributed by atoms with Crippen molar-refractivity contribution in [3.8, 4) is 16.9 Å². The number of benzene rings is 2. The molecule has 0 aliphatic carbocycles. The topological polar surface area (TPSA) is 90.9 Å². The molecule has 3 rings (SSSR count). The second-order valence-electron chi connectivity index (χ2n) is 6.32. The van der Waals surface area contributed by atoms with Crippen LogP contribution in [0.1, 0.15) is 24.0 Å². The second-order valence-corrected chi connectivity index (χ2v) is 6.32. The highest BCUT2D eigenvalue weighted by Gasteiger charge is 2.12. The number of aryl methyl sites for hydroxylation is 2. The lowest BCUT2D eigenvalue weighted by molar-refractivity contribution is 0.288. The monoisotopic (exact) mass is 354 g/mol. The molecule has 0 aliphatic rings. The number of phenolic OH excluding ortho intramolecular Hbond substituents is 1. The van der Waals surface area contributed by atoms with Gasteiger partial charge in [0.15, 0.2) is 0 Å². The summed E-state index contributed by atoms with van der Waals surface area (Å²) in [4.78, 5) is 12.5. The number of phenols is 1. The van der Waals surface area contributed by atoms with Crippen molar-refractivity contribution in [2.24, 2.45) is 0 Å². The van der Waals surface area contributed by atoms with Crippen molar-refractivity contribution in [1.82, 2.24) is 0 Å². The van der Waals surface area contributed by atoms with Gasteiger partial charge in [-0.2, -0.15) is 0 Å². The predicted molar refractivity (Wildman–Crippen MR) is 100 cm³/mol. The Morgan fingerprint density at radius 2 is 1.58 bits per heavy atom. The summed E-state index contributed by atoms with van der Waals surface area (Å²) in [6.45, 7) is 0.185. The van der Waals surface area contributed by atoms with Gasteiger partial charge in [0.25, 0.3) is 0 Å². The molecular formula is C21H22O5. The van der Waals surface area contributed by atoms with Crippen LogP contribution < -0.4 is 5.63 Å². The lowest BCUT2D eigenvalue weighted by Gasteiger charge is -2.10. The Balaban J connectivity index is 2.13. The van der Waals surface area contributed by atoms with Gasteiger partial charge in [-0.05, 0) is 66.6 Å². The minimum absolute atomic E-state index is 0.0676. The first kappa shape index (κ1) is 18.2. The summed E-state index contributed by atoms with van der Waals surface area (Å²) in [5.74, 6) is 0.136. The normalized spacial score (nSPS) is 11.2. The van der Waals surface area contributed by atoms with E-state index in [2.05, 4.69) is 0 Å². The Labute approximate surface area is 151 Å². The fourth-order valence-electron chi connectivity index (χ4n) is 3.10. The maximum Gasteiger partial charge on any atom is 0.344 e. The third kappa shape index (κ3) is 3.95. The molecule has 0 bridgehead atoms. The number of fused-ring (bicyclic) bond motifs is 1. The average Bonchev–Trinajstić information content (AvgIpc) is 2.65. The van der Waals surface area contributed by atoms with Crippen LogP contribution in [-0.4, -0.2) is 28.5 Å². The van der Waals surface area contributed by atoms with Gasteiger partial charge in [0.05, 0.1) is 5.56 Å². The van der Waals surface area contributed by atoms with E-state index in [0.29, 0.717) is 36.0 Å². The van der Waals surface area contributed by atoms with E-state index in [1.165, 1.54) is 12.1 Å². The fraction of sp³-hybridized carbons (Fsp3) is 0.286. The summed E-state index contributed by atoms with van der Waals surface area (Å²) >= 11 is 0. The number of rotatable bonds is 7. The van der Waals surface area contributed by atoms with Gasteiger partial charge in [0.1, 0.15) is 11.3 Å². The third-order valence-electron chi connectivity index (χ3n) is 4.37. The molecule has 3 aromatic rings. The lowest BCUT2D eigenvalue weighted by Crippen LogP contribution is -2.05. The van der Waals surface area contributed by atoms with Crippen molar-refractivity contribution >= 4 is 11.0 Å². The van der Waals surface area contributed by atoms with E-state index in [4.69, 9.17) is 14.6 Å². The van der Waals surface area contributed by atoms with Crippen molar-refractivity contribution in [3.05, 3.63) is 64.0 Å². The van der Waals surface area contributed by atoms with Crippen molar-refractivity contribution in [3.63, 3.8) is 0 Å². The lowest BCUT2D eigenvalue weighted by atomic mass is 9.98. The maximum absolute atomic E-state index is 12.5. The van der Waals surface area contributed by atoms with E-state index in [1.807, 2.05) is 12.1 Å². The number of hydrogen-bond acceptors (Lipinski definition) is 5. The van der Waals surface area contributed by atoms with Crippen LogP contribution in [0.5, 0.6) is 5.75 Å². The SMILES string of the molecule is O=c1oc2c(CCCO)cc(CCCO)cc2cc1-c1ccc(O)cc1. The molecule has 2 aromatic carbocycles. The molecule has 26 heavy (non-hydrogen) atoms. The molecule has 0 unspecified atom stereocenters. The summed E-state index contributed by atoms with van der Waals surface area (Å²) in [6, 6.07) is 12.2. The van der Waals surface area contributed by atoms with Crippen LogP contribution >= 0.6 is 0 Å². The molecule has 136 valence electrons. The van der Waals surface area contributed by atoms with Crippen LogP contribution in [0.3, 0.4) is 0 Å². The van der Waals surface area contributed by atoms with Gasteiger partial charge in [-0.3, -0.25) is 0 Å². The molecule has 0 saturated heterocycles. The quantitative estimate of drug-likeness (QED) is 0.567. The Morgan fingerprint density at radius 3 is 2.27 bits per heavy atom. The fourth-order valence-corrected chi connectivity index (χ4v) is 3.10. The Morgan fingerprint density at radius 1 is 0.885 bits per heavy atom. The number of aliphatic hydroxyl groups is 2. The summed E-state index contributed by atoms with van der Waals surface area (Å²) in [6.07, 6.45) is 2.59. The number of hydrogen-bond donors (Lipinski definition) is 3. The number of aliphatic hydroxyl groups excluding tert-OH is 2. The molecule has 0 saturated carbocycles. The molecule has 0 spiro atoms. The zero-order chi connectivity index (χ0) is 18.5. The summed E-state index contributed by atoms with van der Waals surface area (Å²) in [5, 5.41) is 28.5. The molecule has 0 amide bonds. The van der Waals surface area contributed by atoms with Gasteiger partial charge < -0.3 is 19.7 Å². The van der Waals surface area contributed by atoms with Gasteiger partial charge in [-0.15, -0.1) is 0 Å². The zero-order valence-corrected chi connectivity index (χ0v) is 14.4. The van der Waals surface area contributed by atoms with Gasteiger partial charge in [-0.25, -0.2) is 4.79 Å². The largest absolute Gasteiger partial charge is 0.508 e. The highest BCUT2D eigenvalue weighted by molar-refractivity contribution is 5.85. The molecule has 1 aromatic heterocycles. The summed E-state index contributed by atoms with van der Waals surface area (Å²) in [5.41, 5.74) is 3.17. The molecule has 0 atom stereocenters. The first-order valence-electron chi connectivity index (χ1n) is 8.73. The summed E-state index contributed by atoms with van der Waals surface area (Å²) in [7, 11) is 0. The Hall–Kier alpha value is -2.63. The second kappa shape index (κ2) is 8.17. The molecule has 3 N–H and O–H groups in total. The minimum Gasteiger partial charge on any atom is -0.508 e. The first-order valence-corrected chi connectivity index (χ1v) is 8.73. The van der Waals surface area contributed by atoms with Crippen molar-refractivity contribution < 1.29 is 19.7 Å². The van der Waals surface area contributed by atoms with Crippen LogP contribution in [-0.2, 0) is 12.8 Å². The van der Waals surface area contributed by atoms with Crippen LogP contribution in [0.25, 0.3) is 22.1 Å². The minimum atomic E-state index is -0.434. The molecular weight excluding hydrogens is 332 g/mol. The summed E-state index contributed by atoms with van der Waals surface area (Å²) < 4.78 is 5.62. The van der Waals surface area contributed by atoms with Crippen molar-refractivity contribution in [1.29, 1.82) is 0 Å². The highest BCUT2D eigenvalue weighted by atomic mass is 16.4. The van der Waals surface area contributed by atoms with Gasteiger partial charge in [0.2, 0.25) is 0 Å². The van der Waals surface area contributed by atoms with E-state index in [9.17, 15) is 9.90 Å². The van der Waals surface area contributed by atoms with E-state index in [0.717, 1.165) is 22.9 Å². The molecule has 0 radical (unpaired) electrons. The zero-order valence-electron chi connectivity index (χ0n) is 14.4. The molecule has 0 fully saturated rings. The maximum atomic E-state index is 12.5. The van der Waals surface area contributed by atoms with Gasteiger partial charge in [0, 0.05) is 18.6 Å². The molecule has 1 heterocycles. The predicted octanol–water partition coefficient (Wildman–Crippen LogP) is 3.02. The van der Waals surface area contributed by atoms with Crippen LogP contribution in [0.15, 0.2) is 51.7 Å². The Bertz CT molecular complexity index is 941. The average molecular weight is 354 g/mol. The van der Waals surface area contributed by atoms with E-state index < -0.39 is 5.63 Å². The van der Waals surface area contributed by atoms with E-state index in [1.54, 1.807) is 18.2 Å². The highest BCUT2D eigenvalue weighted by Crippen LogP contribution is 2.27. The van der Waals surface area contributed by atoms with Crippen LogP contribution in [0, 0.1) is 0 Å². The standard InChI is InChI=1S/C21H22O5/c22-9-1-3-14-11-16(4-2-10-23)20-17(12-14)13-19(21(25)26-20)15-5-7-18(24)8-6-15/h5-8,11-13,22-24H,1-4,9-10H2. The van der Waals surface area contributed by atoms with Gasteiger partial charge in [-0.1, -0.05) is 18.2 Å². The van der Waals surface area contributed by atoms with E-state index >= 15 is 0 Å². The Kier molecular flexibility index (Phi) is 5.71. The molecule has 5 heteroatoms. The van der Waals surface area contributed by atoms with E-state index in [-0.39, 0.29) is 19.0 Å². The van der Waals surface area contributed by atoms with Crippen molar-refractivity contribution in [2.45, 2.75) is 25.7 Å². The molecule has 0 aliphatic heterocycles. The van der Waals surface area contributed by atoms with Crippen LogP contribution in [0.4, 0.5) is 0 Å². The first-order chi connectivity index (χ1) is 12.6. The van der Waals surface area contributed by atoms with Gasteiger partial charge >= 0.3 is 5.63 Å². The molecule has 5 nitrogen and oxygen atoms in total. The van der Waals surface area contributed by atoms with Crippen LogP contribution in [0.2, 0.25) is 0 Å². The number of aromatic hydroxyl groups is 1.